The molecule has 0 heterocycles. The molecule has 0 amide bonds. The van der Waals surface area contributed by atoms with Gasteiger partial charge in [0.25, 0.3) is 0 Å². The number of carbonyl (C=O) groups is 1. The summed E-state index contributed by atoms with van der Waals surface area (Å²) in [6, 6.07) is 0.498. The molecule has 1 fully saturated rings. The van der Waals surface area contributed by atoms with E-state index in [1.165, 1.54) is 39.0 Å². The van der Waals surface area contributed by atoms with Crippen LogP contribution in [0.25, 0.3) is 0 Å². The second-order valence-corrected chi connectivity index (χ2v) is 4.31. The number of nitrogens with zero attached hydrogens (tertiary/aromatic N) is 1. The highest BCUT2D eigenvalue weighted by molar-refractivity contribution is 5.65. The topological polar surface area (TPSA) is 26.3 Å². The van der Waals surface area contributed by atoms with Crippen molar-refractivity contribution in [2.45, 2.75) is 45.1 Å². The molecule has 1 rings (SSSR count). The maximum Gasteiger partial charge on any atom is 0.363 e. The van der Waals surface area contributed by atoms with E-state index in [2.05, 4.69) is 0 Å². The minimum Gasteiger partial charge on any atom is -1.00 e. The molecule has 14 heavy (non-hydrogen) atoms. The van der Waals surface area contributed by atoms with Crippen molar-refractivity contribution in [3.8, 4) is 0 Å². The summed E-state index contributed by atoms with van der Waals surface area (Å²) in [5.74, 6) is -0.185. The molecule has 1 aliphatic carbocycles. The van der Waals surface area contributed by atoms with E-state index in [1.54, 1.807) is 0 Å². The van der Waals surface area contributed by atoms with Crippen LogP contribution in [0.4, 0.5) is 0 Å². The fourth-order valence-electron chi connectivity index (χ4n) is 2.11. The molecule has 0 unspecified atom stereocenters. The number of quaternary nitrogens is 1. The average Bonchev–Trinajstić information content (AvgIpc) is 2.04. The second-order valence-electron chi connectivity index (χ2n) is 4.31. The Morgan fingerprint density at radius 1 is 1.21 bits per heavy atom. The first kappa shape index (κ1) is 13.9. The maximum absolute atomic E-state index is 10.9. The van der Waals surface area contributed by atoms with Crippen molar-refractivity contribution in [1.82, 2.24) is 0 Å². The zero-order valence-electron chi connectivity index (χ0n) is 9.25. The first-order chi connectivity index (χ1) is 6.02. The van der Waals surface area contributed by atoms with Crippen molar-refractivity contribution >= 4 is 5.97 Å². The van der Waals surface area contributed by atoms with E-state index in [9.17, 15) is 4.79 Å². The fourth-order valence-corrected chi connectivity index (χ4v) is 2.11. The molecule has 0 bridgehead atoms. The highest BCUT2D eigenvalue weighted by atomic mass is 79.9. The molecule has 84 valence electrons. The number of hydroxylamine groups is 3. The largest absolute Gasteiger partial charge is 1.00 e. The lowest BCUT2D eigenvalue weighted by atomic mass is 9.94. The Kier molecular flexibility index (Phi) is 5.67. The van der Waals surface area contributed by atoms with E-state index in [0.717, 1.165) is 0 Å². The Morgan fingerprint density at radius 3 is 2.14 bits per heavy atom. The number of halogens is 1. The average molecular weight is 266 g/mol. The van der Waals surface area contributed by atoms with Gasteiger partial charge < -0.3 is 17.0 Å². The SMILES string of the molecule is CC(=O)O[N+](C)(C)C1CCCCC1.[Br-]. The van der Waals surface area contributed by atoms with Crippen LogP contribution in [0.3, 0.4) is 0 Å². The molecule has 0 spiro atoms. The van der Waals surface area contributed by atoms with Crippen molar-refractivity contribution in [1.29, 1.82) is 0 Å². The zero-order chi connectivity index (χ0) is 9.90. The van der Waals surface area contributed by atoms with E-state index in [1.807, 2.05) is 14.1 Å². The van der Waals surface area contributed by atoms with Gasteiger partial charge in [-0.2, -0.15) is 0 Å². The van der Waals surface area contributed by atoms with Crippen molar-refractivity contribution in [3.63, 3.8) is 0 Å². The van der Waals surface area contributed by atoms with Crippen LogP contribution in [0, 0.1) is 0 Å². The van der Waals surface area contributed by atoms with Crippen LogP contribution in [0.5, 0.6) is 0 Å². The third-order valence-corrected chi connectivity index (χ3v) is 2.82. The molecule has 4 heteroatoms. The van der Waals surface area contributed by atoms with Crippen LogP contribution >= 0.6 is 0 Å². The molecule has 0 atom stereocenters. The Bertz CT molecular complexity index is 189. The zero-order valence-corrected chi connectivity index (χ0v) is 10.8. The third kappa shape index (κ3) is 3.96. The standard InChI is InChI=1S/C10H20NO2.BrH/c1-9(12)13-11(2,3)10-7-5-4-6-8-10;/h10H,4-8H2,1-3H3;1H/q+1;/p-1. The van der Waals surface area contributed by atoms with Crippen LogP contribution in [0.1, 0.15) is 39.0 Å². The van der Waals surface area contributed by atoms with Crippen molar-refractivity contribution in [2.75, 3.05) is 14.1 Å². The van der Waals surface area contributed by atoms with Gasteiger partial charge in [0.2, 0.25) is 0 Å². The summed E-state index contributed by atoms with van der Waals surface area (Å²) in [6.45, 7) is 1.48. The van der Waals surface area contributed by atoms with E-state index < -0.39 is 0 Å². The van der Waals surface area contributed by atoms with E-state index >= 15 is 0 Å². The number of hydrogen-bond donors (Lipinski definition) is 0. The van der Waals surface area contributed by atoms with Crippen LogP contribution in [0.15, 0.2) is 0 Å². The fraction of sp³-hybridized carbons (Fsp3) is 0.900. The van der Waals surface area contributed by atoms with Crippen LogP contribution in [-0.2, 0) is 9.63 Å². The lowest BCUT2D eigenvalue weighted by molar-refractivity contribution is -1.08. The van der Waals surface area contributed by atoms with Gasteiger partial charge in [-0.25, -0.2) is 4.79 Å². The minimum absolute atomic E-state index is 0. The Hall–Kier alpha value is -0.0900. The molecule has 0 saturated heterocycles. The quantitative estimate of drug-likeness (QED) is 0.467. The van der Waals surface area contributed by atoms with E-state index in [-0.39, 0.29) is 23.0 Å². The van der Waals surface area contributed by atoms with Gasteiger partial charge in [-0.05, 0) is 12.8 Å². The molecule has 1 saturated carbocycles. The van der Waals surface area contributed by atoms with Crippen molar-refractivity contribution in [3.05, 3.63) is 0 Å². The number of hydrogen-bond acceptors (Lipinski definition) is 2. The van der Waals surface area contributed by atoms with Gasteiger partial charge in [-0.1, -0.05) is 6.42 Å². The Balaban J connectivity index is 0.00000169. The number of rotatable bonds is 2. The predicted molar refractivity (Wildman–Crippen MR) is 50.7 cm³/mol. The van der Waals surface area contributed by atoms with E-state index in [4.69, 9.17) is 4.84 Å². The molecule has 0 aromatic heterocycles. The first-order valence-electron chi connectivity index (χ1n) is 5.06. The molecule has 0 aromatic rings. The Labute approximate surface area is 96.7 Å². The van der Waals surface area contributed by atoms with Gasteiger partial charge in [-0.3, -0.25) is 4.84 Å². The summed E-state index contributed by atoms with van der Waals surface area (Å²) in [5.41, 5.74) is 0. The van der Waals surface area contributed by atoms with Crippen LogP contribution in [-0.4, -0.2) is 30.8 Å². The first-order valence-corrected chi connectivity index (χ1v) is 5.06. The molecule has 0 N–H and O–H groups in total. The monoisotopic (exact) mass is 265 g/mol. The molecule has 0 aliphatic heterocycles. The lowest BCUT2D eigenvalue weighted by Crippen LogP contribution is -3.00. The molecule has 3 nitrogen and oxygen atoms in total. The van der Waals surface area contributed by atoms with Gasteiger partial charge in [0, 0.05) is 19.8 Å². The molecular formula is C10H20BrNO2. The van der Waals surface area contributed by atoms with Crippen LogP contribution in [0.2, 0.25) is 0 Å². The van der Waals surface area contributed by atoms with Gasteiger partial charge in [0.15, 0.2) is 0 Å². The van der Waals surface area contributed by atoms with Gasteiger partial charge in [-0.15, -0.1) is 4.65 Å². The highest BCUT2D eigenvalue weighted by Crippen LogP contribution is 2.25. The molecule has 1 aliphatic rings. The molecule has 0 aromatic carbocycles. The Morgan fingerprint density at radius 2 is 1.71 bits per heavy atom. The summed E-state index contributed by atoms with van der Waals surface area (Å²) in [7, 11) is 3.94. The summed E-state index contributed by atoms with van der Waals surface area (Å²) >= 11 is 0. The lowest BCUT2D eigenvalue weighted by Gasteiger charge is -2.35. The maximum atomic E-state index is 10.9. The van der Waals surface area contributed by atoms with Gasteiger partial charge >= 0.3 is 5.97 Å². The van der Waals surface area contributed by atoms with Gasteiger partial charge in [0.1, 0.15) is 20.1 Å². The summed E-state index contributed by atoms with van der Waals surface area (Å²) in [5, 5.41) is 0. The van der Waals surface area contributed by atoms with E-state index in [0.29, 0.717) is 10.7 Å². The van der Waals surface area contributed by atoms with Crippen LogP contribution < -0.4 is 17.0 Å². The molecule has 0 radical (unpaired) electrons. The second kappa shape index (κ2) is 5.71. The summed E-state index contributed by atoms with van der Waals surface area (Å²) in [4.78, 5) is 16.1. The normalized spacial score (nSPS) is 18.5. The molecular weight excluding hydrogens is 246 g/mol. The highest BCUT2D eigenvalue weighted by Gasteiger charge is 2.33. The smallest absolute Gasteiger partial charge is 0.363 e. The minimum atomic E-state index is -0.185. The van der Waals surface area contributed by atoms with Crippen molar-refractivity contribution < 1.29 is 31.3 Å². The predicted octanol–water partition coefficient (Wildman–Crippen LogP) is -1.12. The number of carbonyl (C=O) groups excluding carboxylic acids is 1. The van der Waals surface area contributed by atoms with Gasteiger partial charge in [0.05, 0.1) is 0 Å². The summed E-state index contributed by atoms with van der Waals surface area (Å²) in [6.07, 6.45) is 6.23. The summed E-state index contributed by atoms with van der Waals surface area (Å²) < 4.78 is 0.398. The van der Waals surface area contributed by atoms with Crippen molar-refractivity contribution in [2.24, 2.45) is 0 Å². The third-order valence-electron chi connectivity index (χ3n) is 2.82.